The van der Waals surface area contributed by atoms with Crippen LogP contribution < -0.4 is 0 Å². The minimum Gasteiger partial charge on any atom is -0.379 e. The Morgan fingerprint density at radius 2 is 1.51 bits per heavy atom. The molecule has 4 rings (SSSR count). The minimum atomic E-state index is -1.07. The second kappa shape index (κ2) is 15.8. The number of fused-ring (bicyclic) bond motifs is 3. The van der Waals surface area contributed by atoms with Gasteiger partial charge in [0.15, 0.2) is 0 Å². The number of hydrogen-bond donors (Lipinski definition) is 0. The fourth-order valence-corrected chi connectivity index (χ4v) is 7.20. The Morgan fingerprint density at radius 3 is 2.21 bits per heavy atom. The van der Waals surface area contributed by atoms with Crippen molar-refractivity contribution in [3.8, 4) is 0 Å². The minimum absolute atomic E-state index is 0.301. The Hall–Kier alpha value is -0.330. The number of unbranched alkanes of at least 4 members (excludes halogenated alkanes) is 4. The lowest BCUT2D eigenvalue weighted by Gasteiger charge is -2.51. The highest BCUT2D eigenvalue weighted by atomic mass is 127. The van der Waals surface area contributed by atoms with Gasteiger partial charge in [-0.2, -0.15) is 0 Å². The van der Waals surface area contributed by atoms with Crippen LogP contribution in [-0.4, -0.2) is 57.5 Å². The van der Waals surface area contributed by atoms with Crippen molar-refractivity contribution in [2.45, 2.75) is 116 Å². The van der Waals surface area contributed by atoms with Gasteiger partial charge in [-0.25, -0.2) is 0 Å². The Morgan fingerprint density at radius 1 is 0.872 bits per heavy atom. The SMILES string of the molecule is CCCCOC[C@H]1O[C@]2(OCc3cc4scc(I)c4cc32)[C@H](OCCCC)[C@@H](OCCCC)[C@@H]1OCCCC. The first-order valence-corrected chi connectivity index (χ1v) is 17.0. The molecule has 1 aromatic carbocycles. The number of thiophene rings is 1. The van der Waals surface area contributed by atoms with E-state index in [4.69, 9.17) is 28.4 Å². The molecule has 0 N–H and O–H groups in total. The van der Waals surface area contributed by atoms with Gasteiger partial charge in [0.25, 0.3) is 0 Å². The van der Waals surface area contributed by atoms with Gasteiger partial charge in [0.2, 0.25) is 5.79 Å². The smallest absolute Gasteiger partial charge is 0.225 e. The average Bonchev–Trinajstić information content (AvgIpc) is 3.48. The topological polar surface area (TPSA) is 55.4 Å². The van der Waals surface area contributed by atoms with Crippen molar-refractivity contribution in [1.82, 2.24) is 0 Å². The van der Waals surface area contributed by atoms with E-state index in [9.17, 15) is 0 Å². The normalized spacial score (nSPS) is 26.6. The Kier molecular flexibility index (Phi) is 12.8. The van der Waals surface area contributed by atoms with E-state index in [1.54, 1.807) is 11.3 Å². The van der Waals surface area contributed by atoms with Crippen LogP contribution in [0, 0.1) is 3.57 Å². The predicted molar refractivity (Wildman–Crippen MR) is 166 cm³/mol. The molecule has 6 nitrogen and oxygen atoms in total. The molecule has 0 saturated carbocycles. The standard InChI is InChI=1S/C31H47IO6S/c1-5-9-13-33-20-26-28(34-14-10-6-2)29(35-15-11-7-3)30(36-16-12-8-4)31(38-26)24-18-23-25(32)21-39-27(23)17-22(24)19-37-31/h17-18,21,26,28-30H,5-16,19-20H2,1-4H3/t26-,28-,29+,30-,31+/m1/s1. The highest BCUT2D eigenvalue weighted by Gasteiger charge is 2.61. The first-order valence-electron chi connectivity index (χ1n) is 15.0. The summed E-state index contributed by atoms with van der Waals surface area (Å²) in [6.45, 7) is 12.3. The number of benzene rings is 1. The van der Waals surface area contributed by atoms with Crippen LogP contribution in [0.2, 0.25) is 0 Å². The first-order chi connectivity index (χ1) is 19.1. The molecule has 5 atom stereocenters. The van der Waals surface area contributed by atoms with Gasteiger partial charge in [-0.05, 0) is 66.0 Å². The lowest BCUT2D eigenvalue weighted by molar-refractivity contribution is -0.384. The highest BCUT2D eigenvalue weighted by molar-refractivity contribution is 14.1. The molecule has 3 heterocycles. The van der Waals surface area contributed by atoms with E-state index in [0.29, 0.717) is 39.6 Å². The molecule has 1 spiro atoms. The van der Waals surface area contributed by atoms with Crippen LogP contribution in [0.4, 0.5) is 0 Å². The molecular weight excluding hydrogens is 627 g/mol. The first kappa shape index (κ1) is 31.6. The molecule has 39 heavy (non-hydrogen) atoms. The fourth-order valence-electron chi connectivity index (χ4n) is 5.33. The van der Waals surface area contributed by atoms with Crippen LogP contribution in [0.15, 0.2) is 17.5 Å². The zero-order chi connectivity index (χ0) is 27.7. The fraction of sp³-hybridized carbons (Fsp3) is 0.742. The average molecular weight is 675 g/mol. The van der Waals surface area contributed by atoms with Gasteiger partial charge in [0.1, 0.15) is 24.4 Å². The van der Waals surface area contributed by atoms with Gasteiger partial charge in [-0.3, -0.25) is 0 Å². The molecule has 0 unspecified atom stereocenters. The van der Waals surface area contributed by atoms with Crippen LogP contribution in [0.5, 0.6) is 0 Å². The molecule has 0 radical (unpaired) electrons. The summed E-state index contributed by atoms with van der Waals surface area (Å²) in [5, 5.41) is 3.45. The number of ether oxygens (including phenoxy) is 6. The maximum Gasteiger partial charge on any atom is 0.225 e. The van der Waals surface area contributed by atoms with Crippen LogP contribution in [0.3, 0.4) is 0 Å². The van der Waals surface area contributed by atoms with Crippen LogP contribution >= 0.6 is 33.9 Å². The van der Waals surface area contributed by atoms with Crippen molar-refractivity contribution in [1.29, 1.82) is 0 Å². The summed E-state index contributed by atoms with van der Waals surface area (Å²) in [4.78, 5) is 0. The third-order valence-corrected chi connectivity index (χ3v) is 9.86. The van der Waals surface area contributed by atoms with E-state index in [2.05, 4.69) is 67.8 Å². The molecule has 8 heteroatoms. The Bertz CT molecular complexity index is 1010. The van der Waals surface area contributed by atoms with Gasteiger partial charge in [0.05, 0.1) is 13.2 Å². The maximum absolute atomic E-state index is 7.05. The van der Waals surface area contributed by atoms with E-state index in [0.717, 1.165) is 62.5 Å². The summed E-state index contributed by atoms with van der Waals surface area (Å²) in [7, 11) is 0. The summed E-state index contributed by atoms with van der Waals surface area (Å²) >= 11 is 4.20. The molecule has 2 aromatic rings. The molecule has 2 aliphatic rings. The molecule has 1 fully saturated rings. The zero-order valence-electron chi connectivity index (χ0n) is 24.2. The molecule has 0 aliphatic carbocycles. The second-order valence-corrected chi connectivity index (χ2v) is 12.7. The monoisotopic (exact) mass is 674 g/mol. The molecule has 220 valence electrons. The predicted octanol–water partition coefficient (Wildman–Crippen LogP) is 7.96. The lowest BCUT2D eigenvalue weighted by Crippen LogP contribution is -2.66. The molecule has 0 amide bonds. The van der Waals surface area contributed by atoms with E-state index in [1.807, 2.05) is 0 Å². The zero-order valence-corrected chi connectivity index (χ0v) is 27.2. The van der Waals surface area contributed by atoms with Gasteiger partial charge in [-0.1, -0.05) is 53.4 Å². The summed E-state index contributed by atoms with van der Waals surface area (Å²) in [5.41, 5.74) is 2.22. The van der Waals surface area contributed by atoms with Crippen LogP contribution in [-0.2, 0) is 40.8 Å². The lowest BCUT2D eigenvalue weighted by atomic mass is 9.86. The van der Waals surface area contributed by atoms with E-state index in [1.165, 1.54) is 13.7 Å². The van der Waals surface area contributed by atoms with Crippen molar-refractivity contribution >= 4 is 44.0 Å². The third-order valence-electron chi connectivity index (χ3n) is 7.60. The Labute approximate surface area is 252 Å². The van der Waals surface area contributed by atoms with Gasteiger partial charge >= 0.3 is 0 Å². The highest BCUT2D eigenvalue weighted by Crippen LogP contribution is 2.50. The van der Waals surface area contributed by atoms with Crippen molar-refractivity contribution in [3.05, 3.63) is 32.2 Å². The molecule has 2 aliphatic heterocycles. The van der Waals surface area contributed by atoms with E-state index in [-0.39, 0.29) is 18.3 Å². The largest absolute Gasteiger partial charge is 0.379 e. The van der Waals surface area contributed by atoms with Crippen molar-refractivity contribution < 1.29 is 28.4 Å². The van der Waals surface area contributed by atoms with E-state index >= 15 is 0 Å². The van der Waals surface area contributed by atoms with Crippen LogP contribution in [0.1, 0.15) is 90.2 Å². The maximum atomic E-state index is 7.05. The van der Waals surface area contributed by atoms with Gasteiger partial charge in [-0.15, -0.1) is 11.3 Å². The van der Waals surface area contributed by atoms with Crippen molar-refractivity contribution in [2.75, 3.05) is 33.0 Å². The van der Waals surface area contributed by atoms with Crippen LogP contribution in [0.25, 0.3) is 10.1 Å². The summed E-state index contributed by atoms with van der Waals surface area (Å²) in [5.74, 6) is -1.07. The summed E-state index contributed by atoms with van der Waals surface area (Å²) in [6.07, 6.45) is 6.82. The molecular formula is C31H47IO6S. The van der Waals surface area contributed by atoms with Crippen molar-refractivity contribution in [2.24, 2.45) is 0 Å². The molecule has 0 bridgehead atoms. The Balaban J connectivity index is 1.76. The quantitative estimate of drug-likeness (QED) is 0.125. The summed E-state index contributed by atoms with van der Waals surface area (Å²) < 4.78 is 42.4. The third kappa shape index (κ3) is 7.37. The second-order valence-electron chi connectivity index (χ2n) is 10.7. The van der Waals surface area contributed by atoms with Gasteiger partial charge in [0, 0.05) is 51.0 Å². The molecule has 1 saturated heterocycles. The molecule has 1 aromatic heterocycles. The summed E-state index contributed by atoms with van der Waals surface area (Å²) in [6, 6.07) is 4.53. The van der Waals surface area contributed by atoms with Crippen molar-refractivity contribution in [3.63, 3.8) is 0 Å². The number of halogens is 1. The van der Waals surface area contributed by atoms with Gasteiger partial charge < -0.3 is 28.4 Å². The number of rotatable bonds is 17. The van der Waals surface area contributed by atoms with E-state index < -0.39 is 11.9 Å². The number of hydrogen-bond acceptors (Lipinski definition) is 7.